The van der Waals surface area contributed by atoms with Gasteiger partial charge in [0.25, 0.3) is 0 Å². The number of benzene rings is 4. The number of primary amides is 1. The lowest BCUT2D eigenvalue weighted by Crippen LogP contribution is -2.11. The highest BCUT2D eigenvalue weighted by Gasteiger charge is 2.18. The smallest absolute Gasteiger partial charge is 0.249 e. The summed E-state index contributed by atoms with van der Waals surface area (Å²) in [7, 11) is 0. The van der Waals surface area contributed by atoms with Crippen LogP contribution in [0.4, 0.5) is 0 Å². The molecule has 0 unspecified atom stereocenters. The number of nitrogens with zero attached hydrogens (tertiary/aromatic N) is 1. The first kappa shape index (κ1) is 21.6. The third kappa shape index (κ3) is 3.78. The lowest BCUT2D eigenvalue weighted by Gasteiger charge is -2.11. The Morgan fingerprint density at radius 2 is 1.61 bits per heavy atom. The zero-order chi connectivity index (χ0) is 23.1. The van der Waals surface area contributed by atoms with Gasteiger partial charge in [0.2, 0.25) is 5.91 Å². The largest absolute Gasteiger partial charge is 0.366 e. The number of carbonyl (C=O) groups is 1. The van der Waals surface area contributed by atoms with E-state index in [0.29, 0.717) is 22.2 Å². The van der Waals surface area contributed by atoms with E-state index in [0.717, 1.165) is 44.9 Å². The molecule has 0 atom stereocenters. The summed E-state index contributed by atoms with van der Waals surface area (Å²) in [6.07, 6.45) is 0.995. The number of aryl methyl sites for hydroxylation is 1. The molecule has 5 heteroatoms. The van der Waals surface area contributed by atoms with Crippen molar-refractivity contribution in [1.82, 2.24) is 4.57 Å². The molecule has 33 heavy (non-hydrogen) atoms. The topological polar surface area (TPSA) is 48.0 Å². The number of hydrogen-bond donors (Lipinski definition) is 1. The summed E-state index contributed by atoms with van der Waals surface area (Å²) >= 11 is 13.0. The van der Waals surface area contributed by atoms with Gasteiger partial charge < -0.3 is 10.3 Å². The number of nitrogens with two attached hydrogens (primary N) is 1. The molecule has 1 radical (unpaired) electrons. The van der Waals surface area contributed by atoms with Crippen LogP contribution in [0.3, 0.4) is 0 Å². The van der Waals surface area contributed by atoms with Gasteiger partial charge in [0, 0.05) is 38.5 Å². The van der Waals surface area contributed by atoms with Crippen LogP contribution in [0.2, 0.25) is 10.0 Å². The van der Waals surface area contributed by atoms with Crippen molar-refractivity contribution in [2.45, 2.75) is 19.9 Å². The molecular formula is C28H21Cl2N2O. The third-order valence-electron chi connectivity index (χ3n) is 6.08. The minimum Gasteiger partial charge on any atom is -0.366 e. The highest BCUT2D eigenvalue weighted by Crippen LogP contribution is 2.39. The van der Waals surface area contributed by atoms with Crippen molar-refractivity contribution in [3.05, 3.63) is 106 Å². The highest BCUT2D eigenvalue weighted by molar-refractivity contribution is 6.39. The number of carbonyl (C=O) groups excluding carboxylic acids is 1. The van der Waals surface area contributed by atoms with Crippen molar-refractivity contribution in [1.29, 1.82) is 0 Å². The number of hydrogen-bond acceptors (Lipinski definition) is 1. The zero-order valence-electron chi connectivity index (χ0n) is 18.0. The van der Waals surface area contributed by atoms with Gasteiger partial charge in [0.15, 0.2) is 0 Å². The van der Waals surface area contributed by atoms with Gasteiger partial charge >= 0.3 is 0 Å². The second-order valence-electron chi connectivity index (χ2n) is 8.07. The molecule has 5 rings (SSSR count). The third-order valence-corrected chi connectivity index (χ3v) is 6.71. The minimum atomic E-state index is -0.460. The van der Waals surface area contributed by atoms with E-state index in [-0.39, 0.29) is 0 Å². The summed E-state index contributed by atoms with van der Waals surface area (Å²) in [4.78, 5) is 12.2. The van der Waals surface area contributed by atoms with Crippen LogP contribution in [0.15, 0.2) is 72.8 Å². The highest BCUT2D eigenvalue weighted by atomic mass is 35.5. The molecule has 2 N–H and O–H groups in total. The number of aromatic nitrogens is 1. The Hall–Kier alpha value is -3.27. The quantitative estimate of drug-likeness (QED) is 0.287. The maximum Gasteiger partial charge on any atom is 0.249 e. The number of amides is 1. The van der Waals surface area contributed by atoms with E-state index in [1.807, 2.05) is 36.4 Å². The predicted molar refractivity (Wildman–Crippen MR) is 137 cm³/mol. The Kier molecular flexibility index (Phi) is 5.61. The molecule has 3 nitrogen and oxygen atoms in total. The normalized spacial score (nSPS) is 11.4. The van der Waals surface area contributed by atoms with Crippen LogP contribution in [0.5, 0.6) is 0 Å². The van der Waals surface area contributed by atoms with Crippen LogP contribution in [0.25, 0.3) is 32.9 Å². The monoisotopic (exact) mass is 471 g/mol. The first-order valence-electron chi connectivity index (χ1n) is 10.8. The molecule has 0 saturated heterocycles. The molecule has 5 aromatic rings. The van der Waals surface area contributed by atoms with E-state index >= 15 is 0 Å². The van der Waals surface area contributed by atoms with E-state index in [1.165, 1.54) is 5.56 Å². The fourth-order valence-electron chi connectivity index (χ4n) is 4.41. The zero-order valence-corrected chi connectivity index (χ0v) is 19.5. The average Bonchev–Trinajstić information content (AvgIpc) is 3.12. The van der Waals surface area contributed by atoms with Gasteiger partial charge in [0.05, 0.1) is 11.0 Å². The van der Waals surface area contributed by atoms with Crippen molar-refractivity contribution in [3.63, 3.8) is 0 Å². The van der Waals surface area contributed by atoms with Crippen LogP contribution in [-0.2, 0) is 13.0 Å². The fourth-order valence-corrected chi connectivity index (χ4v) is 5.03. The van der Waals surface area contributed by atoms with Crippen molar-refractivity contribution in [2.75, 3.05) is 0 Å². The maximum absolute atomic E-state index is 12.2. The van der Waals surface area contributed by atoms with Gasteiger partial charge in [-0.25, -0.2) is 0 Å². The molecule has 1 aromatic heterocycles. The van der Waals surface area contributed by atoms with Crippen LogP contribution < -0.4 is 5.73 Å². The van der Waals surface area contributed by atoms with Gasteiger partial charge in [-0.1, -0.05) is 66.5 Å². The fraction of sp³-hybridized carbons (Fsp3) is 0.107. The summed E-state index contributed by atoms with van der Waals surface area (Å²) in [6.45, 7) is 2.78. The lowest BCUT2D eigenvalue weighted by molar-refractivity contribution is 0.100. The van der Waals surface area contributed by atoms with Gasteiger partial charge in [-0.15, -0.1) is 0 Å². The summed E-state index contributed by atoms with van der Waals surface area (Å²) in [5.74, 6) is -0.460. The molecule has 0 bridgehead atoms. The summed E-state index contributed by atoms with van der Waals surface area (Å²) in [5, 5.41) is 2.80. The second-order valence-corrected chi connectivity index (χ2v) is 8.88. The maximum atomic E-state index is 12.2. The molecule has 4 aromatic carbocycles. The molecule has 1 heterocycles. The summed E-state index contributed by atoms with van der Waals surface area (Å²) in [5.41, 5.74) is 12.2. The van der Waals surface area contributed by atoms with Crippen molar-refractivity contribution >= 4 is 50.9 Å². The summed E-state index contributed by atoms with van der Waals surface area (Å²) < 4.78 is 2.20. The molecule has 0 aliphatic heterocycles. The molecule has 0 spiro atoms. The summed E-state index contributed by atoms with van der Waals surface area (Å²) in [6, 6.07) is 27.0. The Balaban J connectivity index is 1.79. The number of fused-ring (bicyclic) bond motifs is 3. The van der Waals surface area contributed by atoms with Gasteiger partial charge in [0.1, 0.15) is 0 Å². The van der Waals surface area contributed by atoms with E-state index in [1.54, 1.807) is 6.07 Å². The van der Waals surface area contributed by atoms with Crippen LogP contribution in [0, 0.1) is 6.07 Å². The van der Waals surface area contributed by atoms with Crippen LogP contribution >= 0.6 is 23.2 Å². The van der Waals surface area contributed by atoms with Gasteiger partial charge in [-0.2, -0.15) is 0 Å². The molecular weight excluding hydrogens is 451 g/mol. The Morgan fingerprint density at radius 1 is 0.939 bits per heavy atom. The Bertz CT molecular complexity index is 1500. The molecule has 0 saturated carbocycles. The Labute approximate surface area is 202 Å². The second kappa shape index (κ2) is 8.58. The molecule has 0 aliphatic rings. The van der Waals surface area contributed by atoms with Crippen molar-refractivity contribution < 1.29 is 4.79 Å². The van der Waals surface area contributed by atoms with Crippen molar-refractivity contribution in [2.24, 2.45) is 5.73 Å². The molecule has 1 amide bonds. The van der Waals surface area contributed by atoms with E-state index < -0.39 is 5.91 Å². The van der Waals surface area contributed by atoms with Gasteiger partial charge in [-0.05, 0) is 65.6 Å². The van der Waals surface area contributed by atoms with E-state index in [9.17, 15) is 4.79 Å². The van der Waals surface area contributed by atoms with Crippen molar-refractivity contribution in [3.8, 4) is 11.1 Å². The number of rotatable bonds is 5. The standard InChI is InChI=1S/C28H21Cl2N2O/c1-2-17-9-11-18(12-10-17)16-32-24-8-3-5-21(28(31)33)27(24)20-14-13-19(15-25(20)32)26-22(29)6-4-7-23(26)30/h3-13,15H,2,16H2,1H3,(H2,31,33). The predicted octanol–water partition coefficient (Wildman–Crippen LogP) is 7.28. The van der Waals surface area contributed by atoms with E-state index in [4.69, 9.17) is 28.9 Å². The van der Waals surface area contributed by atoms with E-state index in [2.05, 4.69) is 47.9 Å². The Morgan fingerprint density at radius 3 is 2.27 bits per heavy atom. The SMILES string of the molecule is CCc1ccc(Cn2c3cc(-c4c(Cl)cccc4Cl)c[c]c3c3c(C(N)=O)cccc32)cc1. The lowest BCUT2D eigenvalue weighted by atomic mass is 10.0. The molecule has 0 fully saturated rings. The molecule has 0 aliphatic carbocycles. The average molecular weight is 472 g/mol. The van der Waals surface area contributed by atoms with Crippen LogP contribution in [-0.4, -0.2) is 10.5 Å². The van der Waals surface area contributed by atoms with Crippen LogP contribution in [0.1, 0.15) is 28.4 Å². The first-order chi connectivity index (χ1) is 16.0. The van der Waals surface area contributed by atoms with Gasteiger partial charge in [-0.3, -0.25) is 4.79 Å². The number of halogens is 2. The minimum absolute atomic E-state index is 0.460. The first-order valence-corrected chi connectivity index (χ1v) is 11.5. The molecule has 163 valence electrons.